The molecule has 0 fully saturated rings. The van der Waals surface area contributed by atoms with E-state index in [0.717, 1.165) is 5.56 Å². The van der Waals surface area contributed by atoms with Crippen LogP contribution in [0.25, 0.3) is 0 Å². The van der Waals surface area contributed by atoms with Crippen molar-refractivity contribution in [3.8, 4) is 0 Å². The topological polar surface area (TPSA) is 84.6 Å². The van der Waals surface area contributed by atoms with Gasteiger partial charge in [-0.15, -0.1) is 0 Å². The lowest BCUT2D eigenvalue weighted by Gasteiger charge is -2.30. The van der Waals surface area contributed by atoms with Gasteiger partial charge in [0, 0.05) is 6.04 Å². The van der Waals surface area contributed by atoms with E-state index in [-0.39, 0.29) is 12.0 Å². The maximum absolute atomic E-state index is 12.0. The van der Waals surface area contributed by atoms with Crippen molar-refractivity contribution >= 4 is 6.09 Å². The highest BCUT2D eigenvalue weighted by Crippen LogP contribution is 2.15. The fourth-order valence-corrected chi connectivity index (χ4v) is 2.61. The van der Waals surface area contributed by atoms with E-state index in [2.05, 4.69) is 5.32 Å². The lowest BCUT2D eigenvalue weighted by Crippen LogP contribution is -2.50. The van der Waals surface area contributed by atoms with E-state index < -0.39 is 23.8 Å². The zero-order valence-corrected chi connectivity index (χ0v) is 15.5. The first-order valence-electron chi connectivity index (χ1n) is 8.55. The molecule has 3 atom stereocenters. The molecule has 0 saturated heterocycles. The van der Waals surface area contributed by atoms with Crippen LogP contribution in [0.1, 0.15) is 46.6 Å². The second kappa shape index (κ2) is 9.04. The number of hydrogen-bond donors (Lipinski definition) is 3. The average Bonchev–Trinajstić information content (AvgIpc) is 2.43. The molecule has 1 aromatic rings. The van der Waals surface area contributed by atoms with Gasteiger partial charge in [0.1, 0.15) is 5.60 Å². The summed E-state index contributed by atoms with van der Waals surface area (Å²) >= 11 is 0. The number of aliphatic hydroxyl groups excluding tert-OH is 1. The Hall–Kier alpha value is -1.59. The van der Waals surface area contributed by atoms with Crippen LogP contribution in [0.2, 0.25) is 0 Å². The number of rotatable bonds is 7. The predicted octanol–water partition coefficient (Wildman–Crippen LogP) is 2.86. The normalized spacial score (nSPS) is 15.7. The van der Waals surface area contributed by atoms with Gasteiger partial charge in [-0.1, -0.05) is 44.2 Å². The lowest BCUT2D eigenvalue weighted by atomic mass is 9.92. The van der Waals surface area contributed by atoms with Gasteiger partial charge in [0.05, 0.1) is 12.1 Å². The fourth-order valence-electron chi connectivity index (χ4n) is 2.61. The third-order valence-corrected chi connectivity index (χ3v) is 3.70. The van der Waals surface area contributed by atoms with Crippen LogP contribution < -0.4 is 11.1 Å². The van der Waals surface area contributed by atoms with Gasteiger partial charge < -0.3 is 20.9 Å². The molecule has 5 nitrogen and oxygen atoms in total. The van der Waals surface area contributed by atoms with E-state index in [1.807, 2.05) is 65.0 Å². The molecule has 4 N–H and O–H groups in total. The summed E-state index contributed by atoms with van der Waals surface area (Å²) in [5.74, 6) is 0.0662. The SMILES string of the molecule is CC(C)[C@H](NC(=O)OC(C)(C)C)[C@H](O)C[C@@H](N)Cc1ccccc1. The smallest absolute Gasteiger partial charge is 0.407 e. The van der Waals surface area contributed by atoms with Crippen molar-refractivity contribution in [1.29, 1.82) is 0 Å². The zero-order chi connectivity index (χ0) is 18.3. The molecule has 1 amide bonds. The largest absolute Gasteiger partial charge is 0.444 e. The first kappa shape index (κ1) is 20.5. The van der Waals surface area contributed by atoms with E-state index in [4.69, 9.17) is 10.5 Å². The Morgan fingerprint density at radius 1 is 1.25 bits per heavy atom. The number of carbonyl (C=O) groups is 1. The summed E-state index contributed by atoms with van der Waals surface area (Å²) in [7, 11) is 0. The Kier molecular flexibility index (Phi) is 7.70. The number of nitrogens with two attached hydrogens (primary N) is 1. The molecule has 0 radical (unpaired) electrons. The highest BCUT2D eigenvalue weighted by molar-refractivity contribution is 5.68. The van der Waals surface area contributed by atoms with Crippen molar-refractivity contribution in [3.05, 3.63) is 35.9 Å². The Morgan fingerprint density at radius 2 is 1.83 bits per heavy atom. The van der Waals surface area contributed by atoms with Crippen LogP contribution in [0.4, 0.5) is 4.79 Å². The summed E-state index contributed by atoms with van der Waals surface area (Å²) < 4.78 is 5.28. The van der Waals surface area contributed by atoms with Gasteiger partial charge in [-0.3, -0.25) is 0 Å². The van der Waals surface area contributed by atoms with Crippen molar-refractivity contribution in [3.63, 3.8) is 0 Å². The van der Waals surface area contributed by atoms with Gasteiger partial charge in [-0.2, -0.15) is 0 Å². The standard InChI is InChI=1S/C19H32N2O3/c1-13(2)17(21-18(23)24-19(3,4)5)16(22)12-15(20)11-14-9-7-6-8-10-14/h6-10,13,15-17,22H,11-12,20H2,1-5H3,(H,21,23)/t15-,16+,17-/m0/s1. The average molecular weight is 336 g/mol. The van der Waals surface area contributed by atoms with Crippen LogP contribution in [0.15, 0.2) is 30.3 Å². The van der Waals surface area contributed by atoms with Crippen LogP contribution in [0.5, 0.6) is 0 Å². The van der Waals surface area contributed by atoms with Crippen LogP contribution in [-0.2, 0) is 11.2 Å². The molecular formula is C19H32N2O3. The maximum atomic E-state index is 12.0. The van der Waals surface area contributed by atoms with Crippen LogP contribution >= 0.6 is 0 Å². The molecule has 0 unspecified atom stereocenters. The molecule has 0 aliphatic rings. The summed E-state index contributed by atoms with van der Waals surface area (Å²) in [5, 5.41) is 13.3. The number of carbonyl (C=O) groups excluding carboxylic acids is 1. The number of ether oxygens (including phenoxy) is 1. The summed E-state index contributed by atoms with van der Waals surface area (Å²) in [6.45, 7) is 9.33. The molecule has 24 heavy (non-hydrogen) atoms. The Balaban J connectivity index is 2.59. The Morgan fingerprint density at radius 3 is 2.33 bits per heavy atom. The number of benzene rings is 1. The molecule has 0 saturated carbocycles. The molecule has 1 aromatic carbocycles. The highest BCUT2D eigenvalue weighted by atomic mass is 16.6. The minimum absolute atomic E-state index is 0.0662. The maximum Gasteiger partial charge on any atom is 0.407 e. The second-order valence-electron chi connectivity index (χ2n) is 7.67. The van der Waals surface area contributed by atoms with E-state index in [9.17, 15) is 9.90 Å². The van der Waals surface area contributed by atoms with Crippen LogP contribution in [0.3, 0.4) is 0 Å². The van der Waals surface area contributed by atoms with Crippen molar-refractivity contribution in [2.75, 3.05) is 0 Å². The van der Waals surface area contributed by atoms with Crippen molar-refractivity contribution in [2.45, 2.75) is 71.2 Å². The number of hydrogen-bond acceptors (Lipinski definition) is 4. The molecule has 1 rings (SSSR count). The Bertz CT molecular complexity index is 497. The second-order valence-corrected chi connectivity index (χ2v) is 7.67. The minimum atomic E-state index is -0.726. The first-order chi connectivity index (χ1) is 11.1. The summed E-state index contributed by atoms with van der Waals surface area (Å²) in [6, 6.07) is 9.37. The highest BCUT2D eigenvalue weighted by Gasteiger charge is 2.28. The number of amides is 1. The molecule has 0 aliphatic heterocycles. The van der Waals surface area contributed by atoms with E-state index >= 15 is 0 Å². The third-order valence-electron chi connectivity index (χ3n) is 3.70. The fraction of sp³-hybridized carbons (Fsp3) is 0.632. The quantitative estimate of drug-likeness (QED) is 0.715. The van der Waals surface area contributed by atoms with Gasteiger partial charge in [0.2, 0.25) is 0 Å². The summed E-state index contributed by atoms with van der Waals surface area (Å²) in [6.07, 6.45) is -0.143. The van der Waals surface area contributed by atoms with Gasteiger partial charge in [0.15, 0.2) is 0 Å². The summed E-state index contributed by atoms with van der Waals surface area (Å²) in [5.41, 5.74) is 6.74. The first-order valence-corrected chi connectivity index (χ1v) is 8.55. The van der Waals surface area contributed by atoms with E-state index in [0.29, 0.717) is 12.8 Å². The predicted molar refractivity (Wildman–Crippen MR) is 96.7 cm³/mol. The van der Waals surface area contributed by atoms with Crippen molar-refractivity contribution in [1.82, 2.24) is 5.32 Å². The van der Waals surface area contributed by atoms with Gasteiger partial charge in [-0.25, -0.2) is 4.79 Å². The van der Waals surface area contributed by atoms with Crippen molar-refractivity contribution in [2.24, 2.45) is 11.7 Å². The molecule has 0 bridgehead atoms. The van der Waals surface area contributed by atoms with Crippen LogP contribution in [-0.4, -0.2) is 35.0 Å². The lowest BCUT2D eigenvalue weighted by molar-refractivity contribution is 0.0352. The molecule has 0 aliphatic carbocycles. The molecule has 5 heteroatoms. The van der Waals surface area contributed by atoms with Gasteiger partial charge >= 0.3 is 6.09 Å². The Labute approximate surface area is 145 Å². The monoisotopic (exact) mass is 336 g/mol. The number of aliphatic hydroxyl groups is 1. The van der Waals surface area contributed by atoms with Gasteiger partial charge in [-0.05, 0) is 45.1 Å². The molecular weight excluding hydrogens is 304 g/mol. The molecule has 0 aromatic heterocycles. The van der Waals surface area contributed by atoms with Gasteiger partial charge in [0.25, 0.3) is 0 Å². The van der Waals surface area contributed by atoms with E-state index in [1.54, 1.807) is 0 Å². The number of nitrogens with one attached hydrogen (secondary N) is 1. The molecule has 0 heterocycles. The number of alkyl carbamates (subject to hydrolysis) is 1. The molecule has 136 valence electrons. The van der Waals surface area contributed by atoms with Crippen LogP contribution in [0, 0.1) is 5.92 Å². The minimum Gasteiger partial charge on any atom is -0.444 e. The molecule has 0 spiro atoms. The van der Waals surface area contributed by atoms with Crippen molar-refractivity contribution < 1.29 is 14.6 Å². The third kappa shape index (κ3) is 7.79. The van der Waals surface area contributed by atoms with E-state index in [1.165, 1.54) is 0 Å². The zero-order valence-electron chi connectivity index (χ0n) is 15.5. The summed E-state index contributed by atoms with van der Waals surface area (Å²) in [4.78, 5) is 12.0.